The van der Waals surface area contributed by atoms with Crippen LogP contribution in [0.1, 0.15) is 29.2 Å². The van der Waals surface area contributed by atoms with Crippen LogP contribution in [0.3, 0.4) is 0 Å². The molecule has 0 saturated heterocycles. The quantitative estimate of drug-likeness (QED) is 0.461. The van der Waals surface area contributed by atoms with Crippen molar-refractivity contribution >= 4 is 26.0 Å². The van der Waals surface area contributed by atoms with Crippen molar-refractivity contribution in [3.05, 3.63) is 107 Å². The molecule has 0 aliphatic carbocycles. The fourth-order valence-electron chi connectivity index (χ4n) is 2.66. The Balaban J connectivity index is 2.16. The Kier molecular flexibility index (Phi) is 5.09. The third-order valence-electron chi connectivity index (χ3n) is 3.96. The normalized spacial score (nSPS) is 10.3. The van der Waals surface area contributed by atoms with Gasteiger partial charge in [0.15, 0.2) is 0 Å². The fraction of sp³-hybridized carbons (Fsp3) is 0.0909. The van der Waals surface area contributed by atoms with Gasteiger partial charge in [-0.25, -0.2) is 0 Å². The Bertz CT molecular complexity index is 743. The van der Waals surface area contributed by atoms with Gasteiger partial charge in [-0.3, -0.25) is 0 Å². The van der Waals surface area contributed by atoms with E-state index in [-0.39, 0.29) is 0 Å². The van der Waals surface area contributed by atoms with Crippen molar-refractivity contribution in [2.75, 3.05) is 0 Å². The smallest absolute Gasteiger partial charge is 0.0332 e. The lowest BCUT2D eigenvalue weighted by Crippen LogP contribution is -1.91. The highest BCUT2D eigenvalue weighted by molar-refractivity contribution is 9.15. The predicted molar refractivity (Wildman–Crippen MR) is 104 cm³/mol. The van der Waals surface area contributed by atoms with Crippen LogP contribution in [-0.4, -0.2) is 0 Å². The molecule has 3 aromatic rings. The van der Waals surface area contributed by atoms with E-state index in [0.717, 1.165) is 10.9 Å². The summed E-state index contributed by atoms with van der Waals surface area (Å²) in [5.41, 5.74) is 6.20. The number of hydrogen-bond donors (Lipinski definition) is 0. The number of aryl methyl sites for hydroxylation is 1. The third-order valence-corrected chi connectivity index (χ3v) is 4.81. The molecule has 0 heterocycles. The molecule has 23 heavy (non-hydrogen) atoms. The monoisotopic (exact) mass is 362 g/mol. The lowest BCUT2D eigenvalue weighted by Gasteiger charge is -2.13. The minimum absolute atomic E-state index is 1.06. The van der Waals surface area contributed by atoms with Crippen LogP contribution in [0.15, 0.2) is 84.9 Å². The molecule has 0 saturated carbocycles. The van der Waals surface area contributed by atoms with E-state index >= 15 is 0 Å². The maximum absolute atomic E-state index is 3.85. The topological polar surface area (TPSA) is 0 Å². The zero-order chi connectivity index (χ0) is 16.1. The molecule has 0 atom stereocenters. The standard InChI is InChI=1S/C22H19Br/c1-2-17-13-15-20(16-14-17)22(23)21(18-9-5-3-6-10-18)19-11-7-4-8-12-19/h3-16H,2H2,1H3. The minimum atomic E-state index is 1.06. The molecule has 0 unspecified atom stereocenters. The van der Waals surface area contributed by atoms with E-state index in [2.05, 4.69) is 108 Å². The summed E-state index contributed by atoms with van der Waals surface area (Å²) in [6.07, 6.45) is 1.06. The van der Waals surface area contributed by atoms with Gasteiger partial charge >= 0.3 is 0 Å². The second kappa shape index (κ2) is 7.43. The average molecular weight is 363 g/mol. The first-order valence-corrected chi connectivity index (χ1v) is 8.69. The van der Waals surface area contributed by atoms with Gasteiger partial charge in [-0.05, 0) is 44.6 Å². The van der Waals surface area contributed by atoms with Crippen molar-refractivity contribution in [1.82, 2.24) is 0 Å². The molecule has 0 bridgehead atoms. The first-order chi connectivity index (χ1) is 11.3. The molecular weight excluding hydrogens is 344 g/mol. The van der Waals surface area contributed by atoms with Gasteiger partial charge in [0.1, 0.15) is 0 Å². The Morgan fingerprint density at radius 3 is 1.57 bits per heavy atom. The molecule has 0 amide bonds. The maximum atomic E-state index is 3.85. The molecule has 0 N–H and O–H groups in total. The van der Waals surface area contributed by atoms with Crippen LogP contribution in [0.25, 0.3) is 10.1 Å². The van der Waals surface area contributed by atoms with E-state index in [4.69, 9.17) is 0 Å². The van der Waals surface area contributed by atoms with Gasteiger partial charge < -0.3 is 0 Å². The highest BCUT2D eigenvalue weighted by Crippen LogP contribution is 2.36. The van der Waals surface area contributed by atoms with Crippen molar-refractivity contribution < 1.29 is 0 Å². The van der Waals surface area contributed by atoms with E-state index in [9.17, 15) is 0 Å². The van der Waals surface area contributed by atoms with Gasteiger partial charge in [0.25, 0.3) is 0 Å². The summed E-state index contributed by atoms with van der Waals surface area (Å²) < 4.78 is 1.12. The highest BCUT2D eigenvalue weighted by atomic mass is 79.9. The molecule has 3 rings (SSSR count). The molecule has 0 aliphatic heterocycles. The molecule has 0 spiro atoms. The SMILES string of the molecule is CCc1ccc(C(Br)=C(c2ccccc2)c2ccccc2)cc1. The predicted octanol–water partition coefficient (Wildman–Crippen LogP) is 6.56. The Morgan fingerprint density at radius 1 is 0.652 bits per heavy atom. The molecule has 0 aliphatic rings. The molecule has 0 aromatic heterocycles. The van der Waals surface area contributed by atoms with Crippen LogP contribution in [0.4, 0.5) is 0 Å². The third kappa shape index (κ3) is 3.62. The molecule has 0 nitrogen and oxygen atoms in total. The van der Waals surface area contributed by atoms with Crippen LogP contribution in [0.2, 0.25) is 0 Å². The van der Waals surface area contributed by atoms with E-state index < -0.39 is 0 Å². The van der Waals surface area contributed by atoms with Crippen molar-refractivity contribution in [3.63, 3.8) is 0 Å². The van der Waals surface area contributed by atoms with Crippen LogP contribution in [0.5, 0.6) is 0 Å². The molecule has 3 aromatic carbocycles. The number of rotatable bonds is 4. The van der Waals surface area contributed by atoms with Crippen molar-refractivity contribution in [1.29, 1.82) is 0 Å². The second-order valence-corrected chi connectivity index (χ2v) is 6.26. The van der Waals surface area contributed by atoms with Crippen LogP contribution in [-0.2, 0) is 6.42 Å². The summed E-state index contributed by atoms with van der Waals surface area (Å²) in [6, 6.07) is 29.8. The summed E-state index contributed by atoms with van der Waals surface area (Å²) in [4.78, 5) is 0. The zero-order valence-corrected chi connectivity index (χ0v) is 14.8. The number of benzene rings is 3. The van der Waals surface area contributed by atoms with Gasteiger partial charge in [-0.2, -0.15) is 0 Å². The lowest BCUT2D eigenvalue weighted by atomic mass is 9.95. The molecule has 0 fully saturated rings. The van der Waals surface area contributed by atoms with E-state index in [1.165, 1.54) is 27.8 Å². The highest BCUT2D eigenvalue weighted by Gasteiger charge is 2.11. The van der Waals surface area contributed by atoms with Crippen molar-refractivity contribution in [2.24, 2.45) is 0 Å². The van der Waals surface area contributed by atoms with E-state index in [0.29, 0.717) is 0 Å². The molecule has 1 heteroatoms. The summed E-state index contributed by atoms with van der Waals surface area (Å²) >= 11 is 3.85. The van der Waals surface area contributed by atoms with Gasteiger partial charge in [-0.15, -0.1) is 0 Å². The largest absolute Gasteiger partial charge is 0.0622 e. The first kappa shape index (κ1) is 15.8. The first-order valence-electron chi connectivity index (χ1n) is 7.89. The Hall–Kier alpha value is -2.12. The second-order valence-electron chi connectivity index (χ2n) is 5.47. The molecular formula is C22H19Br. The molecule has 0 radical (unpaired) electrons. The van der Waals surface area contributed by atoms with Gasteiger partial charge in [0, 0.05) is 10.1 Å². The van der Waals surface area contributed by atoms with E-state index in [1.807, 2.05) is 0 Å². The van der Waals surface area contributed by atoms with Crippen LogP contribution < -0.4 is 0 Å². The van der Waals surface area contributed by atoms with Crippen molar-refractivity contribution in [3.8, 4) is 0 Å². The summed E-state index contributed by atoms with van der Waals surface area (Å²) in [7, 11) is 0. The van der Waals surface area contributed by atoms with Crippen LogP contribution in [0, 0.1) is 0 Å². The van der Waals surface area contributed by atoms with Gasteiger partial charge in [0.05, 0.1) is 0 Å². The number of hydrogen-bond acceptors (Lipinski definition) is 0. The average Bonchev–Trinajstić information content (AvgIpc) is 2.64. The summed E-state index contributed by atoms with van der Waals surface area (Å²) in [5.74, 6) is 0. The zero-order valence-electron chi connectivity index (χ0n) is 13.2. The Morgan fingerprint density at radius 2 is 1.13 bits per heavy atom. The fourth-order valence-corrected chi connectivity index (χ4v) is 3.38. The van der Waals surface area contributed by atoms with Crippen molar-refractivity contribution in [2.45, 2.75) is 13.3 Å². The minimum Gasteiger partial charge on any atom is -0.0622 e. The van der Waals surface area contributed by atoms with Gasteiger partial charge in [0.2, 0.25) is 0 Å². The lowest BCUT2D eigenvalue weighted by molar-refractivity contribution is 1.14. The Labute approximate surface area is 146 Å². The van der Waals surface area contributed by atoms with E-state index in [1.54, 1.807) is 0 Å². The summed E-state index contributed by atoms with van der Waals surface area (Å²) in [5, 5.41) is 0. The number of halogens is 1. The van der Waals surface area contributed by atoms with Crippen LogP contribution >= 0.6 is 15.9 Å². The maximum Gasteiger partial charge on any atom is 0.0332 e. The molecule has 114 valence electrons. The summed E-state index contributed by atoms with van der Waals surface area (Å²) in [6.45, 7) is 2.18. The van der Waals surface area contributed by atoms with Gasteiger partial charge in [-0.1, -0.05) is 91.9 Å².